The maximum atomic E-state index is 9.38. The lowest BCUT2D eigenvalue weighted by Crippen LogP contribution is -2.21. The minimum absolute atomic E-state index is 0.0930. The van der Waals surface area contributed by atoms with Gasteiger partial charge in [0.15, 0.2) is 5.84 Å². The first kappa shape index (κ1) is 9.34. The highest BCUT2D eigenvalue weighted by Crippen LogP contribution is 2.16. The SMILES string of the molecule is N/C(=N\O)C(O)c1ccc(O)cc1. The molecular formula is C8H10N2O3. The molecular weight excluding hydrogens is 172 g/mol. The summed E-state index contributed by atoms with van der Waals surface area (Å²) < 4.78 is 0. The molecule has 5 heteroatoms. The third kappa shape index (κ3) is 2.09. The number of hydrogen-bond donors (Lipinski definition) is 4. The number of aromatic hydroxyl groups is 1. The number of aliphatic hydroxyl groups is 1. The predicted molar refractivity (Wildman–Crippen MR) is 46.5 cm³/mol. The van der Waals surface area contributed by atoms with Gasteiger partial charge in [0.05, 0.1) is 0 Å². The van der Waals surface area contributed by atoms with Gasteiger partial charge in [-0.2, -0.15) is 0 Å². The zero-order valence-electron chi connectivity index (χ0n) is 6.75. The van der Waals surface area contributed by atoms with Gasteiger partial charge in [0.2, 0.25) is 0 Å². The summed E-state index contributed by atoms with van der Waals surface area (Å²) in [5.41, 5.74) is 5.63. The first-order valence-electron chi connectivity index (χ1n) is 3.59. The Balaban J connectivity index is 2.89. The summed E-state index contributed by atoms with van der Waals surface area (Å²) in [6.07, 6.45) is -1.15. The first-order valence-corrected chi connectivity index (χ1v) is 3.59. The Kier molecular flexibility index (Phi) is 2.71. The zero-order valence-corrected chi connectivity index (χ0v) is 6.75. The molecule has 0 saturated carbocycles. The fraction of sp³-hybridized carbons (Fsp3) is 0.125. The van der Waals surface area contributed by atoms with E-state index >= 15 is 0 Å². The van der Waals surface area contributed by atoms with Gasteiger partial charge < -0.3 is 21.2 Å². The lowest BCUT2D eigenvalue weighted by atomic mass is 10.1. The molecule has 0 spiro atoms. The van der Waals surface area contributed by atoms with Crippen molar-refractivity contribution in [2.45, 2.75) is 6.10 Å². The van der Waals surface area contributed by atoms with Crippen LogP contribution in [0.1, 0.15) is 11.7 Å². The average Bonchev–Trinajstić information content (AvgIpc) is 2.17. The average molecular weight is 182 g/mol. The van der Waals surface area contributed by atoms with E-state index in [1.165, 1.54) is 24.3 Å². The highest BCUT2D eigenvalue weighted by atomic mass is 16.4. The summed E-state index contributed by atoms with van der Waals surface area (Å²) >= 11 is 0. The molecule has 0 saturated heterocycles. The van der Waals surface area contributed by atoms with Gasteiger partial charge in [0.1, 0.15) is 11.9 Å². The molecule has 0 radical (unpaired) electrons. The smallest absolute Gasteiger partial charge is 0.172 e. The topological polar surface area (TPSA) is 99.1 Å². The van der Waals surface area contributed by atoms with Gasteiger partial charge in [-0.3, -0.25) is 0 Å². The minimum Gasteiger partial charge on any atom is -0.508 e. The lowest BCUT2D eigenvalue weighted by molar-refractivity contribution is 0.233. The van der Waals surface area contributed by atoms with Crippen LogP contribution in [-0.2, 0) is 0 Å². The van der Waals surface area contributed by atoms with E-state index in [2.05, 4.69) is 5.16 Å². The summed E-state index contributed by atoms with van der Waals surface area (Å²) in [7, 11) is 0. The number of phenolic OH excluding ortho intramolecular Hbond substituents is 1. The van der Waals surface area contributed by atoms with Crippen LogP contribution in [0.5, 0.6) is 5.75 Å². The maximum Gasteiger partial charge on any atom is 0.172 e. The van der Waals surface area contributed by atoms with Crippen LogP contribution in [0, 0.1) is 0 Å². The quantitative estimate of drug-likeness (QED) is 0.227. The van der Waals surface area contributed by atoms with Crippen LogP contribution in [0.3, 0.4) is 0 Å². The molecule has 0 bridgehead atoms. The molecule has 5 nitrogen and oxygen atoms in total. The molecule has 0 amide bonds. The van der Waals surface area contributed by atoms with Crippen molar-refractivity contribution in [3.05, 3.63) is 29.8 Å². The normalized spacial score (nSPS) is 14.1. The second-order valence-corrected chi connectivity index (χ2v) is 2.52. The van der Waals surface area contributed by atoms with E-state index in [9.17, 15) is 5.11 Å². The van der Waals surface area contributed by atoms with E-state index < -0.39 is 6.10 Å². The van der Waals surface area contributed by atoms with Crippen molar-refractivity contribution in [3.63, 3.8) is 0 Å². The second-order valence-electron chi connectivity index (χ2n) is 2.52. The van der Waals surface area contributed by atoms with Gasteiger partial charge in [-0.25, -0.2) is 0 Å². The van der Waals surface area contributed by atoms with E-state index in [-0.39, 0.29) is 11.6 Å². The van der Waals surface area contributed by atoms with Crippen LogP contribution in [-0.4, -0.2) is 21.3 Å². The number of oxime groups is 1. The van der Waals surface area contributed by atoms with E-state index in [0.29, 0.717) is 5.56 Å². The Labute approximate surface area is 74.7 Å². The molecule has 1 unspecified atom stereocenters. The zero-order chi connectivity index (χ0) is 9.84. The Bertz CT molecular complexity index is 308. The molecule has 0 aromatic heterocycles. The van der Waals surface area contributed by atoms with Crippen molar-refractivity contribution < 1.29 is 15.4 Å². The highest BCUT2D eigenvalue weighted by molar-refractivity contribution is 5.85. The molecule has 0 aliphatic rings. The van der Waals surface area contributed by atoms with Crippen molar-refractivity contribution in [2.24, 2.45) is 10.9 Å². The summed E-state index contributed by atoms with van der Waals surface area (Å²) in [6, 6.07) is 5.78. The maximum absolute atomic E-state index is 9.38. The summed E-state index contributed by atoms with van der Waals surface area (Å²) in [5.74, 6) is -0.193. The number of nitrogens with two attached hydrogens (primary N) is 1. The van der Waals surface area contributed by atoms with Crippen molar-refractivity contribution in [1.29, 1.82) is 0 Å². The van der Waals surface area contributed by atoms with Crippen molar-refractivity contribution >= 4 is 5.84 Å². The first-order chi connectivity index (χ1) is 6.15. The van der Waals surface area contributed by atoms with E-state index in [1.807, 2.05) is 0 Å². The van der Waals surface area contributed by atoms with E-state index in [1.54, 1.807) is 0 Å². The van der Waals surface area contributed by atoms with Crippen molar-refractivity contribution in [1.82, 2.24) is 0 Å². The van der Waals surface area contributed by atoms with Gasteiger partial charge in [0.25, 0.3) is 0 Å². The summed E-state index contributed by atoms with van der Waals surface area (Å²) in [5, 5.41) is 29.3. The Morgan fingerprint density at radius 2 is 1.85 bits per heavy atom. The van der Waals surface area contributed by atoms with E-state index in [0.717, 1.165) is 0 Å². The minimum atomic E-state index is -1.15. The van der Waals surface area contributed by atoms with Crippen molar-refractivity contribution in [3.8, 4) is 5.75 Å². The number of rotatable bonds is 2. The van der Waals surface area contributed by atoms with Crippen molar-refractivity contribution in [2.75, 3.05) is 0 Å². The predicted octanol–water partition coefficient (Wildman–Crippen LogP) is 0.172. The van der Waals surface area contributed by atoms with Gasteiger partial charge >= 0.3 is 0 Å². The number of hydrogen-bond acceptors (Lipinski definition) is 4. The third-order valence-corrected chi connectivity index (χ3v) is 1.60. The number of nitrogens with zero attached hydrogens (tertiary/aromatic N) is 1. The lowest BCUT2D eigenvalue weighted by Gasteiger charge is -2.08. The largest absolute Gasteiger partial charge is 0.508 e. The number of benzene rings is 1. The van der Waals surface area contributed by atoms with Gasteiger partial charge in [0, 0.05) is 0 Å². The molecule has 1 rings (SSSR count). The number of amidine groups is 1. The molecule has 70 valence electrons. The molecule has 0 fully saturated rings. The molecule has 13 heavy (non-hydrogen) atoms. The Morgan fingerprint density at radius 1 is 1.31 bits per heavy atom. The second kappa shape index (κ2) is 3.77. The van der Waals surface area contributed by atoms with Crippen LogP contribution >= 0.6 is 0 Å². The monoisotopic (exact) mass is 182 g/mol. The fourth-order valence-electron chi connectivity index (χ4n) is 0.882. The Hall–Kier alpha value is -1.75. The molecule has 0 heterocycles. The molecule has 1 aromatic carbocycles. The van der Waals surface area contributed by atoms with E-state index in [4.69, 9.17) is 16.0 Å². The van der Waals surface area contributed by atoms with Gasteiger partial charge in [-0.05, 0) is 17.7 Å². The van der Waals surface area contributed by atoms with Crippen LogP contribution in [0.4, 0.5) is 0 Å². The van der Waals surface area contributed by atoms with Gasteiger partial charge in [-0.1, -0.05) is 17.3 Å². The number of phenols is 1. The molecule has 0 aliphatic heterocycles. The standard InChI is InChI=1S/C8H10N2O3/c9-8(10-13)7(12)5-1-3-6(11)4-2-5/h1-4,7,11-13H,(H2,9,10). The van der Waals surface area contributed by atoms with Crippen LogP contribution in [0.2, 0.25) is 0 Å². The van der Waals surface area contributed by atoms with Crippen LogP contribution in [0.15, 0.2) is 29.4 Å². The number of aliphatic hydroxyl groups excluding tert-OH is 1. The highest BCUT2D eigenvalue weighted by Gasteiger charge is 2.11. The molecule has 0 aliphatic carbocycles. The Morgan fingerprint density at radius 3 is 2.31 bits per heavy atom. The molecule has 1 aromatic rings. The molecule has 5 N–H and O–H groups in total. The van der Waals surface area contributed by atoms with Gasteiger partial charge in [-0.15, -0.1) is 0 Å². The van der Waals surface area contributed by atoms with Crippen LogP contribution in [0.25, 0.3) is 0 Å². The summed E-state index contributed by atoms with van der Waals surface area (Å²) in [4.78, 5) is 0. The third-order valence-electron chi connectivity index (χ3n) is 1.60. The fourth-order valence-corrected chi connectivity index (χ4v) is 0.882. The summed E-state index contributed by atoms with van der Waals surface area (Å²) in [6.45, 7) is 0. The van der Waals surface area contributed by atoms with Crippen LogP contribution < -0.4 is 5.73 Å². The molecule has 1 atom stereocenters.